The van der Waals surface area contributed by atoms with Gasteiger partial charge in [-0.2, -0.15) is 0 Å². The maximum atomic E-state index is 12.3. The van der Waals surface area contributed by atoms with Crippen LogP contribution in [0.15, 0.2) is 59.8 Å². The van der Waals surface area contributed by atoms with E-state index in [4.69, 9.17) is 9.57 Å². The van der Waals surface area contributed by atoms with E-state index in [2.05, 4.69) is 10.5 Å². The second kappa shape index (κ2) is 12.1. The highest BCUT2D eigenvalue weighted by atomic mass is 16.6. The summed E-state index contributed by atoms with van der Waals surface area (Å²) in [4.78, 5) is 41.7. The summed E-state index contributed by atoms with van der Waals surface area (Å²) >= 11 is 0. The maximum Gasteiger partial charge on any atom is 0.306 e. The van der Waals surface area contributed by atoms with E-state index < -0.39 is 23.9 Å². The van der Waals surface area contributed by atoms with Gasteiger partial charge in [-0.15, -0.1) is 0 Å². The van der Waals surface area contributed by atoms with Crippen LogP contribution in [0.4, 0.5) is 0 Å². The number of hydrogen-bond donors (Lipinski definition) is 2. The van der Waals surface area contributed by atoms with Crippen LogP contribution in [0.3, 0.4) is 0 Å². The van der Waals surface area contributed by atoms with Crippen molar-refractivity contribution < 1.29 is 29.1 Å². The van der Waals surface area contributed by atoms with Gasteiger partial charge in [0.25, 0.3) is 5.91 Å². The summed E-state index contributed by atoms with van der Waals surface area (Å²) < 4.78 is 5.10. The lowest BCUT2D eigenvalue weighted by atomic mass is 10.1. The van der Waals surface area contributed by atoms with Crippen LogP contribution in [0.25, 0.3) is 0 Å². The predicted octanol–water partition coefficient (Wildman–Crippen LogP) is 3.19. The maximum absolute atomic E-state index is 12.3. The Morgan fingerprint density at radius 3 is 2.42 bits per heavy atom. The average Bonchev–Trinajstić information content (AvgIpc) is 2.73. The molecule has 0 aliphatic rings. The number of benzene rings is 2. The standard InChI is InChI=1S/C23H26N2O6/c1-16(2)30-22(28)13-12-19(31-24-15-18-10-6-7-11-20(18)26)14-21(27)25-23(29)17-8-4-3-5-9-17/h3-11,15-16,19,26H,12-14H2,1-2H3,(H,25,27,29)/b24-15+/t19-/m0/s1. The molecule has 0 saturated carbocycles. The summed E-state index contributed by atoms with van der Waals surface area (Å²) in [5, 5.41) is 15.9. The lowest BCUT2D eigenvalue weighted by Gasteiger charge is -2.15. The minimum absolute atomic E-state index is 0.0227. The zero-order chi connectivity index (χ0) is 22.6. The van der Waals surface area contributed by atoms with Crippen molar-refractivity contribution in [1.29, 1.82) is 0 Å². The first kappa shape index (κ1) is 23.6. The van der Waals surface area contributed by atoms with Gasteiger partial charge in [-0.25, -0.2) is 0 Å². The number of hydrogen-bond acceptors (Lipinski definition) is 7. The monoisotopic (exact) mass is 426 g/mol. The van der Waals surface area contributed by atoms with Crippen LogP contribution in [0.1, 0.15) is 49.0 Å². The van der Waals surface area contributed by atoms with E-state index >= 15 is 0 Å². The van der Waals surface area contributed by atoms with E-state index in [1.165, 1.54) is 12.3 Å². The molecule has 0 saturated heterocycles. The number of nitrogens with one attached hydrogen (secondary N) is 1. The summed E-state index contributed by atoms with van der Waals surface area (Å²) in [5.74, 6) is -1.48. The van der Waals surface area contributed by atoms with E-state index in [1.54, 1.807) is 62.4 Å². The minimum Gasteiger partial charge on any atom is -0.507 e. The third kappa shape index (κ3) is 8.69. The molecule has 2 rings (SSSR count). The van der Waals surface area contributed by atoms with Gasteiger partial charge in [-0.1, -0.05) is 35.5 Å². The Morgan fingerprint density at radius 2 is 1.74 bits per heavy atom. The van der Waals surface area contributed by atoms with Crippen molar-refractivity contribution in [2.45, 2.75) is 45.3 Å². The number of oxime groups is 1. The Kier molecular flexibility index (Phi) is 9.22. The fourth-order valence-electron chi connectivity index (χ4n) is 2.61. The number of ether oxygens (including phenoxy) is 1. The number of esters is 1. The van der Waals surface area contributed by atoms with Crippen molar-refractivity contribution in [2.24, 2.45) is 5.16 Å². The predicted molar refractivity (Wildman–Crippen MR) is 115 cm³/mol. The zero-order valence-corrected chi connectivity index (χ0v) is 17.5. The number of carbonyl (C=O) groups excluding carboxylic acids is 3. The summed E-state index contributed by atoms with van der Waals surface area (Å²) in [6.07, 6.45) is 0.280. The lowest BCUT2D eigenvalue weighted by molar-refractivity contribution is -0.148. The van der Waals surface area contributed by atoms with Gasteiger partial charge >= 0.3 is 5.97 Å². The van der Waals surface area contributed by atoms with Crippen molar-refractivity contribution in [3.05, 3.63) is 65.7 Å². The molecule has 0 fully saturated rings. The summed E-state index contributed by atoms with van der Waals surface area (Å²) in [6, 6.07) is 14.9. The van der Waals surface area contributed by atoms with E-state index in [1.807, 2.05) is 0 Å². The fraction of sp³-hybridized carbons (Fsp3) is 0.304. The molecule has 0 unspecified atom stereocenters. The Bertz CT molecular complexity index is 911. The van der Waals surface area contributed by atoms with Gasteiger partial charge < -0.3 is 14.7 Å². The second-order valence-electron chi connectivity index (χ2n) is 7.05. The minimum atomic E-state index is -0.773. The molecule has 1 atom stereocenters. The second-order valence-corrected chi connectivity index (χ2v) is 7.05. The number of phenols is 1. The Labute approximate surface area is 180 Å². The molecule has 2 amide bonds. The van der Waals surface area contributed by atoms with Crippen molar-refractivity contribution in [1.82, 2.24) is 5.32 Å². The van der Waals surface area contributed by atoms with Gasteiger partial charge in [-0.3, -0.25) is 19.7 Å². The third-order valence-electron chi connectivity index (χ3n) is 4.08. The molecule has 0 heterocycles. The number of phenolic OH excluding ortho intramolecular Hbond substituents is 1. The highest BCUT2D eigenvalue weighted by molar-refractivity contribution is 6.04. The van der Waals surface area contributed by atoms with Gasteiger partial charge in [0.05, 0.1) is 18.7 Å². The Hall–Kier alpha value is -3.68. The molecule has 2 aromatic carbocycles. The number of aromatic hydroxyl groups is 1. The molecular formula is C23H26N2O6. The van der Waals surface area contributed by atoms with Crippen molar-refractivity contribution in [3.8, 4) is 5.75 Å². The molecule has 164 valence electrons. The van der Waals surface area contributed by atoms with Crippen molar-refractivity contribution in [2.75, 3.05) is 0 Å². The van der Waals surface area contributed by atoms with Crippen LogP contribution in [-0.4, -0.2) is 41.3 Å². The molecule has 2 aromatic rings. The number of imide groups is 1. The van der Waals surface area contributed by atoms with Crippen LogP contribution in [-0.2, 0) is 19.2 Å². The number of nitrogens with zero attached hydrogens (tertiary/aromatic N) is 1. The van der Waals surface area contributed by atoms with Crippen LogP contribution >= 0.6 is 0 Å². The summed E-state index contributed by atoms with van der Waals surface area (Å²) in [5.41, 5.74) is 0.788. The molecule has 0 radical (unpaired) electrons. The van der Waals surface area contributed by atoms with Crippen molar-refractivity contribution in [3.63, 3.8) is 0 Å². The Morgan fingerprint density at radius 1 is 1.06 bits per heavy atom. The molecule has 0 aliphatic carbocycles. The van der Waals surface area contributed by atoms with Gasteiger partial charge in [0.2, 0.25) is 5.91 Å². The van der Waals surface area contributed by atoms with Gasteiger partial charge in [0.1, 0.15) is 11.9 Å². The normalized spacial score (nSPS) is 11.8. The molecule has 0 aliphatic heterocycles. The van der Waals surface area contributed by atoms with E-state index in [0.717, 1.165) is 0 Å². The average molecular weight is 426 g/mol. The topological polar surface area (TPSA) is 114 Å². The van der Waals surface area contributed by atoms with Gasteiger partial charge in [0.15, 0.2) is 0 Å². The highest BCUT2D eigenvalue weighted by Gasteiger charge is 2.20. The molecular weight excluding hydrogens is 400 g/mol. The van der Waals surface area contributed by atoms with Crippen LogP contribution in [0.2, 0.25) is 0 Å². The summed E-state index contributed by atoms with van der Waals surface area (Å²) in [6.45, 7) is 3.48. The smallest absolute Gasteiger partial charge is 0.306 e. The highest BCUT2D eigenvalue weighted by Crippen LogP contribution is 2.14. The molecule has 2 N–H and O–H groups in total. The van der Waals surface area contributed by atoms with Crippen molar-refractivity contribution >= 4 is 24.0 Å². The molecule has 8 heteroatoms. The third-order valence-corrected chi connectivity index (χ3v) is 4.08. The molecule has 31 heavy (non-hydrogen) atoms. The number of para-hydroxylation sites is 1. The van der Waals surface area contributed by atoms with E-state index in [9.17, 15) is 19.5 Å². The van der Waals surface area contributed by atoms with Crippen LogP contribution in [0.5, 0.6) is 5.75 Å². The van der Waals surface area contributed by atoms with E-state index in [-0.39, 0.29) is 31.1 Å². The first-order valence-corrected chi connectivity index (χ1v) is 9.91. The fourth-order valence-corrected chi connectivity index (χ4v) is 2.61. The summed E-state index contributed by atoms with van der Waals surface area (Å²) in [7, 11) is 0. The number of rotatable bonds is 10. The van der Waals surface area contributed by atoms with Crippen LogP contribution in [0, 0.1) is 0 Å². The number of carbonyl (C=O) groups is 3. The quantitative estimate of drug-likeness (QED) is 0.343. The number of amides is 2. The lowest BCUT2D eigenvalue weighted by Crippen LogP contribution is -2.33. The largest absolute Gasteiger partial charge is 0.507 e. The molecule has 8 nitrogen and oxygen atoms in total. The SMILES string of the molecule is CC(C)OC(=O)CC[C@@H](CC(=O)NC(=O)c1ccccc1)O/N=C/c1ccccc1O. The first-order chi connectivity index (χ1) is 14.8. The van der Waals surface area contributed by atoms with E-state index in [0.29, 0.717) is 11.1 Å². The van der Waals surface area contributed by atoms with Crippen LogP contribution < -0.4 is 5.32 Å². The van der Waals surface area contributed by atoms with Gasteiger partial charge in [-0.05, 0) is 44.5 Å². The molecule has 0 spiro atoms. The Balaban J connectivity index is 1.98. The van der Waals surface area contributed by atoms with Gasteiger partial charge in [0, 0.05) is 17.5 Å². The first-order valence-electron chi connectivity index (χ1n) is 9.91. The zero-order valence-electron chi connectivity index (χ0n) is 17.5. The molecule has 0 bridgehead atoms. The molecule has 0 aromatic heterocycles.